The van der Waals surface area contributed by atoms with Crippen molar-refractivity contribution in [2.24, 2.45) is 0 Å². The van der Waals surface area contributed by atoms with Crippen molar-refractivity contribution in [2.75, 3.05) is 5.75 Å². The lowest BCUT2D eigenvalue weighted by molar-refractivity contribution is 0.592. The highest BCUT2D eigenvalue weighted by atomic mass is 32.2. The van der Waals surface area contributed by atoms with Crippen LogP contribution in [0.25, 0.3) is 11.1 Å². The smallest absolute Gasteiger partial charge is 0.178 e. The Balaban J connectivity index is 2.13. The highest BCUT2D eigenvalue weighted by Gasteiger charge is 2.13. The summed E-state index contributed by atoms with van der Waals surface area (Å²) in [4.78, 5) is 0.425. The molecule has 2 aromatic rings. The van der Waals surface area contributed by atoms with E-state index in [1.54, 1.807) is 12.1 Å². The van der Waals surface area contributed by atoms with Crippen LogP contribution >= 0.6 is 0 Å². The second kappa shape index (κ2) is 8.30. The molecule has 124 valence electrons. The zero-order valence-corrected chi connectivity index (χ0v) is 14.9. The first-order valence-electron chi connectivity index (χ1n) is 8.49. The lowest BCUT2D eigenvalue weighted by atomic mass is 10.0. The third-order valence-electron chi connectivity index (χ3n) is 4.09. The summed E-state index contributed by atoms with van der Waals surface area (Å²) in [5.74, 6) is 0.231. The highest BCUT2D eigenvalue weighted by Crippen LogP contribution is 2.23. The molecule has 0 fully saturated rings. The minimum atomic E-state index is -3.14. The Labute approximate surface area is 140 Å². The maximum atomic E-state index is 12.2. The number of unbranched alkanes of at least 4 members (excludes halogenated alkanes) is 2. The van der Waals surface area contributed by atoms with Crippen molar-refractivity contribution in [3.63, 3.8) is 0 Å². The van der Waals surface area contributed by atoms with Gasteiger partial charge in [0.15, 0.2) is 9.84 Å². The van der Waals surface area contributed by atoms with Gasteiger partial charge in [-0.2, -0.15) is 0 Å². The molecule has 3 heteroatoms. The molecule has 23 heavy (non-hydrogen) atoms. The van der Waals surface area contributed by atoms with E-state index in [1.807, 2.05) is 19.1 Å². The number of hydrogen-bond acceptors (Lipinski definition) is 2. The van der Waals surface area contributed by atoms with E-state index in [4.69, 9.17) is 0 Å². The minimum Gasteiger partial charge on any atom is -0.224 e. The van der Waals surface area contributed by atoms with Gasteiger partial charge in [0.25, 0.3) is 0 Å². The maximum absolute atomic E-state index is 12.2. The molecule has 0 aromatic heterocycles. The number of sulfone groups is 1. The summed E-state index contributed by atoms with van der Waals surface area (Å²) in [5.41, 5.74) is 3.54. The standard InChI is InChI=1S/C20H26O2S/c1-3-5-7-17-8-10-18(11-9-17)19-12-14-20(15-13-19)23(21,22)16-6-4-2/h8-15H,3-7,16H2,1-2H3. The molecule has 0 N–H and O–H groups in total. The molecule has 0 spiro atoms. The average Bonchev–Trinajstić information content (AvgIpc) is 2.59. The summed E-state index contributed by atoms with van der Waals surface area (Å²) in [6.45, 7) is 4.20. The maximum Gasteiger partial charge on any atom is 0.178 e. The van der Waals surface area contributed by atoms with E-state index in [0.29, 0.717) is 11.3 Å². The van der Waals surface area contributed by atoms with Crippen LogP contribution in [0.2, 0.25) is 0 Å². The van der Waals surface area contributed by atoms with Crippen LogP contribution in [-0.2, 0) is 16.3 Å². The van der Waals surface area contributed by atoms with Crippen molar-refractivity contribution in [2.45, 2.75) is 50.8 Å². The average molecular weight is 330 g/mol. The van der Waals surface area contributed by atoms with Crippen LogP contribution in [-0.4, -0.2) is 14.2 Å². The summed E-state index contributed by atoms with van der Waals surface area (Å²) >= 11 is 0. The Bertz CT molecular complexity index is 698. The number of aryl methyl sites for hydroxylation is 1. The van der Waals surface area contributed by atoms with Crippen LogP contribution < -0.4 is 0 Å². The molecule has 0 atom stereocenters. The Morgan fingerprint density at radius 3 is 1.78 bits per heavy atom. The lowest BCUT2D eigenvalue weighted by Crippen LogP contribution is -2.06. The number of rotatable bonds is 8. The Morgan fingerprint density at radius 1 is 0.739 bits per heavy atom. The molecule has 0 aliphatic carbocycles. The molecule has 0 radical (unpaired) electrons. The van der Waals surface area contributed by atoms with Crippen molar-refractivity contribution in [1.82, 2.24) is 0 Å². The molecule has 2 aromatic carbocycles. The molecule has 0 saturated carbocycles. The molecule has 0 unspecified atom stereocenters. The van der Waals surface area contributed by atoms with Crippen molar-refractivity contribution in [1.29, 1.82) is 0 Å². The molecule has 0 aliphatic rings. The van der Waals surface area contributed by atoms with Crippen LogP contribution in [0, 0.1) is 0 Å². The van der Waals surface area contributed by atoms with Crippen molar-refractivity contribution < 1.29 is 8.42 Å². The van der Waals surface area contributed by atoms with Gasteiger partial charge in [0.2, 0.25) is 0 Å². The number of hydrogen-bond donors (Lipinski definition) is 0. The van der Waals surface area contributed by atoms with Gasteiger partial charge < -0.3 is 0 Å². The summed E-state index contributed by atoms with van der Waals surface area (Å²) in [6, 6.07) is 15.8. The lowest BCUT2D eigenvalue weighted by Gasteiger charge is -2.07. The van der Waals surface area contributed by atoms with Crippen LogP contribution in [0.15, 0.2) is 53.4 Å². The van der Waals surface area contributed by atoms with Crippen LogP contribution in [0.1, 0.15) is 45.1 Å². The van der Waals surface area contributed by atoms with E-state index in [0.717, 1.165) is 24.0 Å². The third-order valence-corrected chi connectivity index (χ3v) is 5.90. The molecular formula is C20H26O2S. The second-order valence-corrected chi connectivity index (χ2v) is 8.11. The molecular weight excluding hydrogens is 304 g/mol. The summed E-state index contributed by atoms with van der Waals surface area (Å²) < 4.78 is 24.4. The van der Waals surface area contributed by atoms with Crippen molar-refractivity contribution in [3.05, 3.63) is 54.1 Å². The predicted molar refractivity (Wildman–Crippen MR) is 97.5 cm³/mol. The topological polar surface area (TPSA) is 34.1 Å². The third kappa shape index (κ3) is 4.93. The molecule has 0 heterocycles. The van der Waals surface area contributed by atoms with Crippen LogP contribution in [0.3, 0.4) is 0 Å². The van der Waals surface area contributed by atoms with E-state index < -0.39 is 9.84 Å². The van der Waals surface area contributed by atoms with E-state index in [1.165, 1.54) is 18.4 Å². The number of benzene rings is 2. The molecule has 0 bridgehead atoms. The van der Waals surface area contributed by atoms with Gasteiger partial charge in [0.1, 0.15) is 0 Å². The van der Waals surface area contributed by atoms with Crippen molar-refractivity contribution in [3.8, 4) is 11.1 Å². The summed E-state index contributed by atoms with van der Waals surface area (Å²) in [5, 5.41) is 0. The predicted octanol–water partition coefficient (Wildman–Crippen LogP) is 5.27. The fourth-order valence-electron chi connectivity index (χ4n) is 2.55. The van der Waals surface area contributed by atoms with E-state index in [-0.39, 0.29) is 5.75 Å². The first-order valence-corrected chi connectivity index (χ1v) is 10.1. The molecule has 0 aliphatic heterocycles. The van der Waals surface area contributed by atoms with E-state index in [2.05, 4.69) is 31.2 Å². The largest absolute Gasteiger partial charge is 0.224 e. The van der Waals surface area contributed by atoms with Gasteiger partial charge in [-0.05, 0) is 48.1 Å². The zero-order chi connectivity index (χ0) is 16.7. The first kappa shape index (κ1) is 17.7. The van der Waals surface area contributed by atoms with Crippen LogP contribution in [0.5, 0.6) is 0 Å². The molecule has 2 nitrogen and oxygen atoms in total. The van der Waals surface area contributed by atoms with Gasteiger partial charge in [-0.25, -0.2) is 8.42 Å². The Hall–Kier alpha value is -1.61. The van der Waals surface area contributed by atoms with Gasteiger partial charge in [0.05, 0.1) is 10.6 Å². The summed E-state index contributed by atoms with van der Waals surface area (Å²) in [7, 11) is -3.14. The first-order chi connectivity index (χ1) is 11.1. The van der Waals surface area contributed by atoms with E-state index >= 15 is 0 Å². The zero-order valence-electron chi connectivity index (χ0n) is 14.1. The Morgan fingerprint density at radius 2 is 1.26 bits per heavy atom. The van der Waals surface area contributed by atoms with E-state index in [9.17, 15) is 8.42 Å². The molecule has 2 rings (SSSR count). The van der Waals surface area contributed by atoms with Gasteiger partial charge in [0, 0.05) is 0 Å². The quantitative estimate of drug-likeness (QED) is 0.660. The fourth-order valence-corrected chi connectivity index (χ4v) is 4.01. The Kier molecular flexibility index (Phi) is 6.40. The monoisotopic (exact) mass is 330 g/mol. The molecule has 0 amide bonds. The minimum absolute atomic E-state index is 0.231. The van der Waals surface area contributed by atoms with Gasteiger partial charge >= 0.3 is 0 Å². The van der Waals surface area contributed by atoms with Crippen molar-refractivity contribution >= 4 is 9.84 Å². The SMILES string of the molecule is CCCCc1ccc(-c2ccc(S(=O)(=O)CCCC)cc2)cc1. The normalized spacial score (nSPS) is 11.6. The van der Waals surface area contributed by atoms with Crippen LogP contribution in [0.4, 0.5) is 0 Å². The van der Waals surface area contributed by atoms with Gasteiger partial charge in [-0.15, -0.1) is 0 Å². The second-order valence-electron chi connectivity index (χ2n) is 6.00. The summed E-state index contributed by atoms with van der Waals surface area (Å²) in [6.07, 6.45) is 5.13. The van der Waals surface area contributed by atoms with Gasteiger partial charge in [-0.1, -0.05) is 63.1 Å². The fraction of sp³-hybridized carbons (Fsp3) is 0.400. The molecule has 0 saturated heterocycles. The highest BCUT2D eigenvalue weighted by molar-refractivity contribution is 7.91. The van der Waals surface area contributed by atoms with Gasteiger partial charge in [-0.3, -0.25) is 0 Å².